The summed E-state index contributed by atoms with van der Waals surface area (Å²) in [4.78, 5) is 0. The van der Waals surface area contributed by atoms with E-state index in [1.54, 1.807) is 0 Å². The van der Waals surface area contributed by atoms with E-state index in [4.69, 9.17) is 14.2 Å². The first-order valence-electron chi connectivity index (χ1n) is 8.69. The lowest BCUT2D eigenvalue weighted by Crippen LogP contribution is -2.11. The van der Waals surface area contributed by atoms with Gasteiger partial charge in [-0.2, -0.15) is 0 Å². The van der Waals surface area contributed by atoms with Crippen LogP contribution < -0.4 is 0 Å². The smallest absolute Gasteiger partial charge is 0.106 e. The highest BCUT2D eigenvalue weighted by Crippen LogP contribution is 2.28. The zero-order valence-corrected chi connectivity index (χ0v) is 14.0. The summed E-state index contributed by atoms with van der Waals surface area (Å²) in [5.41, 5.74) is 1.30. The topological polar surface area (TPSA) is 34.3 Å². The van der Waals surface area contributed by atoms with Crippen LogP contribution in [-0.2, 0) is 14.2 Å². The summed E-state index contributed by atoms with van der Waals surface area (Å²) in [5, 5.41) is 0. The number of rotatable bonds is 9. The van der Waals surface area contributed by atoms with Crippen molar-refractivity contribution in [2.24, 2.45) is 5.92 Å². The highest BCUT2D eigenvalue weighted by atomic mass is 16.6. The second-order valence-corrected chi connectivity index (χ2v) is 6.14. The predicted octanol–water partition coefficient (Wildman–Crippen LogP) is 4.38. The van der Waals surface area contributed by atoms with E-state index in [-0.39, 0.29) is 0 Å². The normalized spacial score (nSPS) is 23.4. The van der Waals surface area contributed by atoms with Crippen molar-refractivity contribution in [1.82, 2.24) is 0 Å². The van der Waals surface area contributed by atoms with Crippen molar-refractivity contribution in [1.29, 1.82) is 0 Å². The Hall–Kier alpha value is -0.900. The molecule has 0 aliphatic carbocycles. The van der Waals surface area contributed by atoms with Crippen LogP contribution in [0, 0.1) is 5.92 Å². The van der Waals surface area contributed by atoms with Crippen LogP contribution in [0.5, 0.6) is 0 Å². The molecular formula is C19H30O3. The minimum atomic E-state index is 0.409. The maximum absolute atomic E-state index is 5.58. The molecule has 22 heavy (non-hydrogen) atoms. The lowest BCUT2D eigenvalue weighted by molar-refractivity contribution is 0.0813. The van der Waals surface area contributed by atoms with Gasteiger partial charge in [0.25, 0.3) is 0 Å². The van der Waals surface area contributed by atoms with E-state index in [1.165, 1.54) is 31.2 Å². The molecule has 124 valence electrons. The van der Waals surface area contributed by atoms with Crippen LogP contribution >= 0.6 is 0 Å². The molecule has 0 radical (unpaired) electrons. The fourth-order valence-corrected chi connectivity index (χ4v) is 2.34. The van der Waals surface area contributed by atoms with Gasteiger partial charge >= 0.3 is 0 Å². The standard InChI is InChI=1S/C11H22O2.C8H8O/c1-3-5-6-10(4-2)7-12-8-11-9-13-11;1-2-4-7(5-3-1)8-6-9-8/h10-11H,3-9H2,1-2H3;1-5,8H,6H2. The molecule has 0 aromatic heterocycles. The van der Waals surface area contributed by atoms with Gasteiger partial charge in [-0.15, -0.1) is 0 Å². The minimum absolute atomic E-state index is 0.409. The van der Waals surface area contributed by atoms with E-state index in [2.05, 4.69) is 26.0 Å². The maximum atomic E-state index is 5.58. The molecular weight excluding hydrogens is 276 g/mol. The zero-order valence-electron chi connectivity index (χ0n) is 14.0. The molecule has 3 heteroatoms. The monoisotopic (exact) mass is 306 g/mol. The molecule has 1 aromatic carbocycles. The van der Waals surface area contributed by atoms with Gasteiger partial charge in [-0.1, -0.05) is 63.4 Å². The van der Waals surface area contributed by atoms with Gasteiger partial charge in [0, 0.05) is 6.61 Å². The molecule has 0 amide bonds. The number of benzene rings is 1. The summed E-state index contributed by atoms with van der Waals surface area (Å²) in [6, 6.07) is 10.3. The van der Waals surface area contributed by atoms with Crippen LogP contribution in [0.2, 0.25) is 0 Å². The zero-order chi connectivity index (χ0) is 15.6. The SMILES string of the molecule is CCCCC(CC)COCC1CO1.c1ccc(C2CO2)cc1. The Morgan fingerprint density at radius 3 is 2.41 bits per heavy atom. The molecule has 0 saturated carbocycles. The molecule has 3 nitrogen and oxygen atoms in total. The van der Waals surface area contributed by atoms with Gasteiger partial charge < -0.3 is 14.2 Å². The van der Waals surface area contributed by atoms with E-state index < -0.39 is 0 Å². The highest BCUT2D eigenvalue weighted by Gasteiger charge is 2.23. The minimum Gasteiger partial charge on any atom is -0.378 e. The fraction of sp³-hybridized carbons (Fsp3) is 0.684. The molecule has 2 fully saturated rings. The first kappa shape index (κ1) is 17.5. The predicted molar refractivity (Wildman–Crippen MR) is 89.0 cm³/mol. The summed E-state index contributed by atoms with van der Waals surface area (Å²) in [7, 11) is 0. The van der Waals surface area contributed by atoms with E-state index in [1.807, 2.05) is 18.2 Å². The molecule has 2 aliphatic rings. The van der Waals surface area contributed by atoms with Crippen molar-refractivity contribution in [3.05, 3.63) is 35.9 Å². The van der Waals surface area contributed by atoms with Gasteiger partial charge in [0.15, 0.2) is 0 Å². The van der Waals surface area contributed by atoms with Gasteiger partial charge in [-0.25, -0.2) is 0 Å². The van der Waals surface area contributed by atoms with Crippen molar-refractivity contribution in [3.63, 3.8) is 0 Å². The van der Waals surface area contributed by atoms with Crippen LogP contribution in [0.4, 0.5) is 0 Å². The Morgan fingerprint density at radius 1 is 1.14 bits per heavy atom. The van der Waals surface area contributed by atoms with Gasteiger partial charge in [0.05, 0.1) is 19.8 Å². The Bertz CT molecular complexity index is 385. The lowest BCUT2D eigenvalue weighted by Gasteiger charge is -2.13. The Labute approximate surface area is 135 Å². The van der Waals surface area contributed by atoms with Crippen LogP contribution in [-0.4, -0.2) is 32.5 Å². The third kappa shape index (κ3) is 7.39. The number of unbranched alkanes of at least 4 members (excludes halogenated alkanes) is 1. The number of hydrogen-bond donors (Lipinski definition) is 0. The average Bonchev–Trinajstić information content (AvgIpc) is 3.45. The molecule has 2 heterocycles. The third-order valence-corrected chi connectivity index (χ3v) is 4.11. The third-order valence-electron chi connectivity index (χ3n) is 4.11. The summed E-state index contributed by atoms with van der Waals surface area (Å²) < 4.78 is 15.8. The quantitative estimate of drug-likeness (QED) is 0.635. The Balaban J connectivity index is 0.000000170. The van der Waals surface area contributed by atoms with E-state index >= 15 is 0 Å². The summed E-state index contributed by atoms with van der Waals surface area (Å²) in [6.07, 6.45) is 6.02. The summed E-state index contributed by atoms with van der Waals surface area (Å²) >= 11 is 0. The van der Waals surface area contributed by atoms with Crippen LogP contribution in [0.15, 0.2) is 30.3 Å². The average molecular weight is 306 g/mol. The van der Waals surface area contributed by atoms with Crippen molar-refractivity contribution < 1.29 is 14.2 Å². The second-order valence-electron chi connectivity index (χ2n) is 6.14. The van der Waals surface area contributed by atoms with Gasteiger partial charge in [-0.05, 0) is 17.9 Å². The molecule has 2 aliphatic heterocycles. The van der Waals surface area contributed by atoms with E-state index in [0.29, 0.717) is 12.2 Å². The van der Waals surface area contributed by atoms with Crippen molar-refractivity contribution in [2.45, 2.75) is 51.7 Å². The lowest BCUT2D eigenvalue weighted by atomic mass is 10.0. The van der Waals surface area contributed by atoms with Gasteiger partial charge in [-0.3, -0.25) is 0 Å². The number of hydrogen-bond acceptors (Lipinski definition) is 3. The van der Waals surface area contributed by atoms with E-state index in [0.717, 1.165) is 32.3 Å². The summed E-state index contributed by atoms with van der Waals surface area (Å²) in [6.45, 7) is 8.04. The molecule has 2 saturated heterocycles. The second kappa shape index (κ2) is 9.98. The number of ether oxygens (including phenoxy) is 3. The molecule has 3 unspecified atom stereocenters. The largest absolute Gasteiger partial charge is 0.378 e. The molecule has 0 spiro atoms. The van der Waals surface area contributed by atoms with Crippen molar-refractivity contribution in [3.8, 4) is 0 Å². The Morgan fingerprint density at radius 2 is 1.86 bits per heavy atom. The van der Waals surface area contributed by atoms with Crippen molar-refractivity contribution in [2.75, 3.05) is 26.4 Å². The Kier molecular flexibility index (Phi) is 7.92. The van der Waals surface area contributed by atoms with Crippen LogP contribution in [0.3, 0.4) is 0 Å². The first-order chi connectivity index (χ1) is 10.8. The van der Waals surface area contributed by atoms with E-state index in [9.17, 15) is 0 Å². The number of epoxide rings is 2. The van der Waals surface area contributed by atoms with Gasteiger partial charge in [0.1, 0.15) is 12.2 Å². The van der Waals surface area contributed by atoms with Gasteiger partial charge in [0.2, 0.25) is 0 Å². The van der Waals surface area contributed by atoms with Crippen LogP contribution in [0.1, 0.15) is 51.2 Å². The fourth-order valence-electron chi connectivity index (χ4n) is 2.34. The first-order valence-corrected chi connectivity index (χ1v) is 8.69. The molecule has 3 rings (SSSR count). The molecule has 1 aromatic rings. The van der Waals surface area contributed by atoms with Crippen molar-refractivity contribution >= 4 is 0 Å². The highest BCUT2D eigenvalue weighted by molar-refractivity contribution is 5.19. The summed E-state index contributed by atoms with van der Waals surface area (Å²) in [5.74, 6) is 0.763. The maximum Gasteiger partial charge on any atom is 0.106 e. The van der Waals surface area contributed by atoms with Crippen LogP contribution in [0.25, 0.3) is 0 Å². The molecule has 0 N–H and O–H groups in total. The molecule has 3 atom stereocenters. The molecule has 0 bridgehead atoms.